The molecule has 0 radical (unpaired) electrons. The van der Waals surface area contributed by atoms with E-state index < -0.39 is 11.7 Å². The topological polar surface area (TPSA) is 68.3 Å². The quantitative estimate of drug-likeness (QED) is 0.319. The lowest BCUT2D eigenvalue weighted by Gasteiger charge is -2.23. The van der Waals surface area contributed by atoms with Gasteiger partial charge in [-0.15, -0.1) is 0 Å². The maximum atomic E-state index is 13.7. The van der Waals surface area contributed by atoms with Crippen LogP contribution in [-0.4, -0.2) is 22.2 Å². The number of hydrogen-bond acceptors (Lipinski definition) is 6. The summed E-state index contributed by atoms with van der Waals surface area (Å²) in [6, 6.07) is 14.2. The zero-order chi connectivity index (χ0) is 25.7. The summed E-state index contributed by atoms with van der Waals surface area (Å²) >= 11 is 0. The molecule has 6 nitrogen and oxygen atoms in total. The normalized spacial score (nSPS) is 16.9. The molecule has 2 aromatic carbocycles. The highest BCUT2D eigenvalue weighted by Crippen LogP contribution is 2.36. The molecule has 37 heavy (non-hydrogen) atoms. The van der Waals surface area contributed by atoms with Crippen LogP contribution in [0.4, 0.5) is 36.3 Å². The number of benzene rings is 2. The fraction of sp³-hybridized carbons (Fsp3) is 0.429. The Hall–Kier alpha value is -3.49. The van der Waals surface area contributed by atoms with Crippen LogP contribution in [-0.2, 0) is 6.18 Å². The van der Waals surface area contributed by atoms with Gasteiger partial charge in [0.15, 0.2) is 0 Å². The van der Waals surface area contributed by atoms with Gasteiger partial charge in [-0.3, -0.25) is 0 Å². The smallest absolute Gasteiger partial charge is 0.421 e. The summed E-state index contributed by atoms with van der Waals surface area (Å²) in [5.41, 5.74) is 0.175. The van der Waals surface area contributed by atoms with E-state index in [4.69, 9.17) is 9.47 Å². The van der Waals surface area contributed by atoms with E-state index in [9.17, 15) is 13.2 Å². The number of alkyl halides is 3. The SMILES string of the molecule is FC(F)(F)c1cnc(Nc2ccc(OC3CCCC3)cc2)nc1Nc1ccc(OC2CCCCC2)cc1. The highest BCUT2D eigenvalue weighted by atomic mass is 19.4. The maximum Gasteiger partial charge on any atom is 0.421 e. The van der Waals surface area contributed by atoms with Gasteiger partial charge in [-0.2, -0.15) is 18.2 Å². The molecule has 0 amide bonds. The zero-order valence-electron chi connectivity index (χ0n) is 20.6. The molecule has 2 saturated carbocycles. The molecule has 0 bridgehead atoms. The lowest BCUT2D eigenvalue weighted by molar-refractivity contribution is -0.137. The van der Waals surface area contributed by atoms with Gasteiger partial charge in [0.2, 0.25) is 5.95 Å². The van der Waals surface area contributed by atoms with E-state index in [1.165, 1.54) is 19.3 Å². The molecule has 0 spiro atoms. The minimum absolute atomic E-state index is 0.0530. The molecule has 3 aromatic rings. The van der Waals surface area contributed by atoms with Crippen molar-refractivity contribution in [3.8, 4) is 11.5 Å². The second kappa shape index (κ2) is 11.3. The molecular formula is C28H31F3N4O2. The van der Waals surface area contributed by atoms with Gasteiger partial charge in [0.25, 0.3) is 0 Å². The van der Waals surface area contributed by atoms with Gasteiger partial charge < -0.3 is 20.1 Å². The third kappa shape index (κ3) is 6.84. The second-order valence-corrected chi connectivity index (χ2v) is 9.65. The van der Waals surface area contributed by atoms with E-state index in [2.05, 4.69) is 20.6 Å². The lowest BCUT2D eigenvalue weighted by atomic mass is 9.98. The molecule has 5 rings (SSSR count). The minimum Gasteiger partial charge on any atom is -0.490 e. The molecule has 2 fully saturated rings. The van der Waals surface area contributed by atoms with Gasteiger partial charge in [-0.25, -0.2) is 4.98 Å². The van der Waals surface area contributed by atoms with Crippen molar-refractivity contribution < 1.29 is 22.6 Å². The monoisotopic (exact) mass is 512 g/mol. The first kappa shape index (κ1) is 25.2. The first-order valence-electron chi connectivity index (χ1n) is 12.9. The van der Waals surface area contributed by atoms with E-state index >= 15 is 0 Å². The predicted octanol–water partition coefficient (Wildman–Crippen LogP) is 8.02. The van der Waals surface area contributed by atoms with Crippen LogP contribution in [0.5, 0.6) is 11.5 Å². The van der Waals surface area contributed by atoms with Crippen LogP contribution in [0, 0.1) is 0 Å². The number of nitrogens with zero attached hydrogens (tertiary/aromatic N) is 2. The summed E-state index contributed by atoms with van der Waals surface area (Å²) in [6.45, 7) is 0. The second-order valence-electron chi connectivity index (χ2n) is 9.65. The average Bonchev–Trinajstić information content (AvgIpc) is 3.40. The Morgan fingerprint density at radius 1 is 0.676 bits per heavy atom. The number of aromatic nitrogens is 2. The highest BCUT2D eigenvalue weighted by molar-refractivity contribution is 5.63. The summed E-state index contributed by atoms with van der Waals surface area (Å²) in [4.78, 5) is 8.03. The molecule has 2 aliphatic rings. The van der Waals surface area contributed by atoms with Gasteiger partial charge in [0.1, 0.15) is 22.9 Å². The van der Waals surface area contributed by atoms with Crippen molar-refractivity contribution >= 4 is 23.1 Å². The summed E-state index contributed by atoms with van der Waals surface area (Å²) in [5, 5.41) is 5.78. The Kier molecular flexibility index (Phi) is 7.67. The largest absolute Gasteiger partial charge is 0.490 e. The number of rotatable bonds is 8. The van der Waals surface area contributed by atoms with Crippen molar-refractivity contribution in [2.45, 2.75) is 76.2 Å². The highest BCUT2D eigenvalue weighted by Gasteiger charge is 2.35. The van der Waals surface area contributed by atoms with Crippen LogP contribution in [0.2, 0.25) is 0 Å². The van der Waals surface area contributed by atoms with E-state index in [0.717, 1.165) is 50.5 Å². The third-order valence-electron chi connectivity index (χ3n) is 6.78. The van der Waals surface area contributed by atoms with Crippen molar-refractivity contribution in [2.24, 2.45) is 0 Å². The molecule has 1 aromatic heterocycles. The van der Waals surface area contributed by atoms with Gasteiger partial charge in [0.05, 0.1) is 12.2 Å². The van der Waals surface area contributed by atoms with E-state index in [0.29, 0.717) is 17.1 Å². The molecule has 196 valence electrons. The van der Waals surface area contributed by atoms with E-state index in [-0.39, 0.29) is 24.0 Å². The number of nitrogens with one attached hydrogen (secondary N) is 2. The molecule has 0 aliphatic heterocycles. The molecule has 2 aliphatic carbocycles. The Morgan fingerprint density at radius 2 is 1.16 bits per heavy atom. The van der Waals surface area contributed by atoms with E-state index in [1.54, 1.807) is 36.4 Å². The first-order valence-corrected chi connectivity index (χ1v) is 12.9. The Morgan fingerprint density at radius 3 is 1.68 bits per heavy atom. The van der Waals surface area contributed by atoms with Crippen molar-refractivity contribution in [2.75, 3.05) is 10.6 Å². The third-order valence-corrected chi connectivity index (χ3v) is 6.78. The van der Waals surface area contributed by atoms with Crippen molar-refractivity contribution in [3.05, 3.63) is 60.3 Å². The molecule has 0 saturated heterocycles. The Bertz CT molecular complexity index is 1160. The molecule has 9 heteroatoms. The van der Waals surface area contributed by atoms with Crippen molar-refractivity contribution in [1.82, 2.24) is 9.97 Å². The molecule has 0 atom stereocenters. The summed E-state index contributed by atoms with van der Waals surface area (Å²) in [6.07, 6.45) is 6.73. The first-order chi connectivity index (χ1) is 17.9. The summed E-state index contributed by atoms with van der Waals surface area (Å²) in [7, 11) is 0. The van der Waals surface area contributed by atoms with Gasteiger partial charge in [-0.05, 0) is 99.9 Å². The fourth-order valence-electron chi connectivity index (χ4n) is 4.82. The van der Waals surface area contributed by atoms with E-state index in [1.807, 2.05) is 12.1 Å². The van der Waals surface area contributed by atoms with Crippen LogP contribution in [0.15, 0.2) is 54.7 Å². The molecule has 2 N–H and O–H groups in total. The maximum absolute atomic E-state index is 13.7. The number of ether oxygens (including phenoxy) is 2. The van der Waals surface area contributed by atoms with Crippen LogP contribution in [0.25, 0.3) is 0 Å². The number of hydrogen-bond donors (Lipinski definition) is 2. The lowest BCUT2D eigenvalue weighted by Crippen LogP contribution is -2.19. The summed E-state index contributed by atoms with van der Waals surface area (Å²) in [5.74, 6) is 1.20. The Labute approximate surface area is 214 Å². The number of halogens is 3. The minimum atomic E-state index is -4.61. The van der Waals surface area contributed by atoms with Crippen molar-refractivity contribution in [3.63, 3.8) is 0 Å². The Balaban J connectivity index is 1.27. The zero-order valence-corrected chi connectivity index (χ0v) is 20.6. The van der Waals surface area contributed by atoms with Crippen molar-refractivity contribution in [1.29, 1.82) is 0 Å². The molecule has 0 unspecified atom stereocenters. The number of anilines is 4. The average molecular weight is 513 g/mol. The van der Waals surface area contributed by atoms with Crippen LogP contribution in [0.3, 0.4) is 0 Å². The standard InChI is InChI=1S/C28H31F3N4O2/c29-28(30,31)25-18-32-27(34-20-12-16-24(17-13-20)37-22-8-4-5-9-22)35-26(25)33-19-10-14-23(15-11-19)36-21-6-2-1-3-7-21/h10-18,21-22H,1-9H2,(H2,32,33,34,35). The molecule has 1 heterocycles. The van der Waals surface area contributed by atoms with Gasteiger partial charge >= 0.3 is 6.18 Å². The van der Waals surface area contributed by atoms with Gasteiger partial charge in [0, 0.05) is 17.6 Å². The van der Waals surface area contributed by atoms with Crippen LogP contribution >= 0.6 is 0 Å². The summed E-state index contributed by atoms with van der Waals surface area (Å²) < 4.78 is 53.0. The van der Waals surface area contributed by atoms with Crippen LogP contribution in [0.1, 0.15) is 63.4 Å². The van der Waals surface area contributed by atoms with Gasteiger partial charge in [-0.1, -0.05) is 6.42 Å². The molecular weight excluding hydrogens is 481 g/mol. The van der Waals surface area contributed by atoms with Crippen LogP contribution < -0.4 is 20.1 Å². The fourth-order valence-corrected chi connectivity index (χ4v) is 4.82. The predicted molar refractivity (Wildman–Crippen MR) is 137 cm³/mol.